The van der Waals surface area contributed by atoms with Gasteiger partial charge in [-0.15, -0.1) is 0 Å². The van der Waals surface area contributed by atoms with Crippen LogP contribution in [0.25, 0.3) is 0 Å². The molecular formula is C69H111CrO9. The minimum absolute atomic E-state index is 0. The summed E-state index contributed by atoms with van der Waals surface area (Å²) in [7, 11) is 0. The first-order valence-corrected chi connectivity index (χ1v) is 32.1. The van der Waals surface area contributed by atoms with Gasteiger partial charge in [-0.3, -0.25) is 0 Å². The number of hydrogen-bond acceptors (Lipinski definition) is 9. The average molecular weight is 1140 g/mol. The van der Waals surface area contributed by atoms with Gasteiger partial charge < -0.3 is 43.9 Å². The number of unbranched alkanes of at least 4 members (excludes halogenated alkanes) is 39. The van der Waals surface area contributed by atoms with Crippen molar-refractivity contribution in [2.24, 2.45) is 0 Å². The van der Waals surface area contributed by atoms with E-state index in [0.717, 1.165) is 38.5 Å². The van der Waals surface area contributed by atoms with Gasteiger partial charge in [-0.2, -0.15) is 0 Å². The van der Waals surface area contributed by atoms with E-state index in [2.05, 4.69) is 20.8 Å². The smallest absolute Gasteiger partial charge is 0.545 e. The summed E-state index contributed by atoms with van der Waals surface area (Å²) in [6, 6.07) is 20.0. The van der Waals surface area contributed by atoms with Crippen LogP contribution in [-0.4, -0.2) is 37.7 Å². The second-order valence-electron chi connectivity index (χ2n) is 21.7. The van der Waals surface area contributed by atoms with Crippen LogP contribution in [0.4, 0.5) is 0 Å². The van der Waals surface area contributed by atoms with Gasteiger partial charge in [0, 0.05) is 16.7 Å². The van der Waals surface area contributed by atoms with Crippen LogP contribution in [-0.2, 0) is 17.4 Å². The molecule has 0 unspecified atom stereocenters. The molecule has 0 N–H and O–H groups in total. The number of carboxylic acids is 3. The third-order valence-electron chi connectivity index (χ3n) is 14.6. The number of aromatic carboxylic acids is 3. The molecule has 10 heteroatoms. The molecule has 0 atom stereocenters. The number of carbonyl (C=O) groups is 3. The summed E-state index contributed by atoms with van der Waals surface area (Å²) < 4.78 is 16.8. The molecule has 447 valence electrons. The van der Waals surface area contributed by atoms with Gasteiger partial charge in [-0.25, -0.2) is 0 Å². The molecule has 0 amide bonds. The van der Waals surface area contributed by atoms with Crippen LogP contribution in [0.15, 0.2) is 72.8 Å². The molecule has 1 radical (unpaired) electrons. The zero-order valence-electron chi connectivity index (χ0n) is 50.3. The maximum absolute atomic E-state index is 11.0. The standard InChI is InChI=1S/3C23H38O3.Cr/c3*1-2-3-4-5-6-7-8-9-10-11-12-13-14-17-20-26-22-19-16-15-18-21(22)23(24)25;/h3*15-16,18-19H,2-14,17,20H2,1H3,(H,24,25);/q;;;+3/p-3. The number of carboxylic acid groups (broad SMARTS) is 3. The fraction of sp³-hybridized carbons (Fsp3) is 0.696. The molecule has 0 saturated heterocycles. The zero-order valence-corrected chi connectivity index (χ0v) is 51.6. The Morgan fingerprint density at radius 1 is 0.266 bits per heavy atom. The third kappa shape index (κ3) is 45.3. The SMILES string of the molecule is CCCCCCCCCCCCCCCCOc1ccccc1C(=O)[O-].CCCCCCCCCCCCCCCCOc1ccccc1C(=O)[O-].CCCCCCCCCCCCCCCCOc1ccccc1C(=O)[O-].[Cr+3]. The van der Waals surface area contributed by atoms with Gasteiger partial charge in [0.1, 0.15) is 17.2 Å². The van der Waals surface area contributed by atoms with Crippen LogP contribution in [0.2, 0.25) is 0 Å². The Balaban J connectivity index is 0.00000115. The van der Waals surface area contributed by atoms with Gasteiger partial charge >= 0.3 is 17.4 Å². The van der Waals surface area contributed by atoms with E-state index in [0.29, 0.717) is 37.1 Å². The second kappa shape index (κ2) is 57.2. The molecule has 79 heavy (non-hydrogen) atoms. The van der Waals surface area contributed by atoms with Crippen LogP contribution in [0.3, 0.4) is 0 Å². The van der Waals surface area contributed by atoms with E-state index in [1.54, 1.807) is 54.6 Å². The molecule has 0 saturated carbocycles. The Hall–Kier alpha value is -4.00. The van der Waals surface area contributed by atoms with E-state index >= 15 is 0 Å². The van der Waals surface area contributed by atoms with E-state index in [9.17, 15) is 29.7 Å². The quantitative estimate of drug-likeness (QED) is 0.0504. The summed E-state index contributed by atoms with van der Waals surface area (Å²) in [5.41, 5.74) is 0.411. The van der Waals surface area contributed by atoms with E-state index in [1.165, 1.54) is 249 Å². The average Bonchev–Trinajstić information content (AvgIpc) is 3.45. The molecule has 0 aliphatic heterocycles. The van der Waals surface area contributed by atoms with Crippen molar-refractivity contribution in [1.82, 2.24) is 0 Å². The van der Waals surface area contributed by atoms with E-state index in [1.807, 2.05) is 0 Å². The third-order valence-corrected chi connectivity index (χ3v) is 14.6. The minimum Gasteiger partial charge on any atom is -0.545 e. The first kappa shape index (κ1) is 75.0. The number of hydrogen-bond donors (Lipinski definition) is 0. The molecule has 0 aliphatic carbocycles. The fourth-order valence-electron chi connectivity index (χ4n) is 9.72. The van der Waals surface area contributed by atoms with Crippen molar-refractivity contribution in [3.63, 3.8) is 0 Å². The van der Waals surface area contributed by atoms with Crippen LogP contribution >= 0.6 is 0 Å². The topological polar surface area (TPSA) is 148 Å². The molecule has 0 spiro atoms. The van der Waals surface area contributed by atoms with E-state index < -0.39 is 17.9 Å². The maximum Gasteiger partial charge on any atom is 3.00 e. The summed E-state index contributed by atoms with van der Waals surface area (Å²) in [6.45, 7) is 8.52. The summed E-state index contributed by atoms with van der Waals surface area (Å²) >= 11 is 0. The second-order valence-corrected chi connectivity index (χ2v) is 21.7. The number of benzene rings is 3. The van der Waals surface area contributed by atoms with Crippen LogP contribution in [0, 0.1) is 0 Å². The number of ether oxygens (including phenoxy) is 3. The molecule has 0 aliphatic rings. The molecule has 0 fully saturated rings. The van der Waals surface area contributed by atoms with E-state index in [-0.39, 0.29) is 34.1 Å². The van der Waals surface area contributed by atoms with E-state index in [4.69, 9.17) is 14.2 Å². The van der Waals surface area contributed by atoms with Crippen molar-refractivity contribution in [2.75, 3.05) is 19.8 Å². The Kier molecular flexibility index (Phi) is 54.3. The van der Waals surface area contributed by atoms with Crippen molar-refractivity contribution >= 4 is 17.9 Å². The molecule has 0 bridgehead atoms. The van der Waals surface area contributed by atoms with Gasteiger partial charge in [0.2, 0.25) is 0 Å². The van der Waals surface area contributed by atoms with Gasteiger partial charge in [0.15, 0.2) is 0 Å². The van der Waals surface area contributed by atoms with Crippen molar-refractivity contribution in [2.45, 2.75) is 290 Å². The van der Waals surface area contributed by atoms with Crippen LogP contribution in [0.1, 0.15) is 322 Å². The minimum atomic E-state index is -1.18. The van der Waals surface area contributed by atoms with Gasteiger partial charge in [0.05, 0.1) is 37.7 Å². The molecule has 3 rings (SSSR count). The largest absolute Gasteiger partial charge is 3.00 e. The van der Waals surface area contributed by atoms with Gasteiger partial charge in [0.25, 0.3) is 0 Å². The molecule has 3 aromatic carbocycles. The Morgan fingerprint density at radius 3 is 0.582 bits per heavy atom. The first-order valence-electron chi connectivity index (χ1n) is 32.1. The van der Waals surface area contributed by atoms with Crippen molar-refractivity contribution in [3.05, 3.63) is 89.5 Å². The predicted octanol–water partition coefficient (Wildman–Crippen LogP) is 17.7. The molecule has 3 aromatic rings. The van der Waals surface area contributed by atoms with Crippen molar-refractivity contribution in [1.29, 1.82) is 0 Å². The summed E-state index contributed by atoms with van der Waals surface area (Å²) in [4.78, 5) is 33.0. The Bertz CT molecular complexity index is 1630. The Labute approximate surface area is 493 Å². The number of carbonyl (C=O) groups excluding carboxylic acids is 3. The van der Waals surface area contributed by atoms with Crippen LogP contribution in [0.5, 0.6) is 17.2 Å². The maximum atomic E-state index is 11.0. The number of rotatable bonds is 51. The summed E-state index contributed by atoms with van der Waals surface area (Å²) in [5, 5.41) is 33.0. The van der Waals surface area contributed by atoms with Gasteiger partial charge in [-0.05, 0) is 55.7 Å². The monoisotopic (exact) mass is 1140 g/mol. The normalized spacial score (nSPS) is 10.7. The molecule has 9 nitrogen and oxygen atoms in total. The molecular weight excluding hydrogens is 1020 g/mol. The summed E-state index contributed by atoms with van der Waals surface area (Å²) in [6.07, 6.45) is 55.6. The summed E-state index contributed by atoms with van der Waals surface area (Å²) in [5.74, 6) is -2.28. The fourth-order valence-corrected chi connectivity index (χ4v) is 9.72. The van der Waals surface area contributed by atoms with Crippen molar-refractivity contribution in [3.8, 4) is 17.2 Å². The zero-order chi connectivity index (χ0) is 56.6. The Morgan fingerprint density at radius 2 is 0.418 bits per heavy atom. The van der Waals surface area contributed by atoms with Crippen molar-refractivity contribution < 1.29 is 61.3 Å². The molecule has 0 aromatic heterocycles. The molecule has 0 heterocycles. The van der Waals surface area contributed by atoms with Crippen LogP contribution < -0.4 is 29.5 Å². The van der Waals surface area contributed by atoms with Gasteiger partial charge in [-0.1, -0.05) is 308 Å². The first-order chi connectivity index (χ1) is 38.3. The number of para-hydroxylation sites is 3. The predicted molar refractivity (Wildman–Crippen MR) is 320 cm³/mol.